The molecule has 7 heteroatoms. The van der Waals surface area contributed by atoms with Gasteiger partial charge in [-0.05, 0) is 6.07 Å². The summed E-state index contributed by atoms with van der Waals surface area (Å²) in [6, 6.07) is 2.85. The molecule has 2 rings (SSSR count). The molecule has 2 aromatic rings. The molecule has 0 spiro atoms. The first-order chi connectivity index (χ1) is 8.10. The number of aromatic amines is 1. The minimum atomic E-state index is -0.307. The minimum absolute atomic E-state index is 0.141. The highest BCUT2D eigenvalue weighted by Gasteiger charge is 2.09. The summed E-state index contributed by atoms with van der Waals surface area (Å²) in [7, 11) is 0. The van der Waals surface area contributed by atoms with Gasteiger partial charge >= 0.3 is 0 Å². The van der Waals surface area contributed by atoms with Gasteiger partial charge in [0.2, 0.25) is 0 Å². The standard InChI is InChI=1S/C10H6Cl3N3O/c11-3-6-2-8(17)16-10(15-6)9-7(13)1-5(12)4-14-9/h1-2,4H,3H2,(H,15,16,17). The first-order valence-corrected chi connectivity index (χ1v) is 5.87. The maximum Gasteiger partial charge on any atom is 0.251 e. The first kappa shape index (κ1) is 12.4. The van der Waals surface area contributed by atoms with Crippen molar-refractivity contribution in [3.8, 4) is 11.5 Å². The Morgan fingerprint density at radius 2 is 2.06 bits per heavy atom. The van der Waals surface area contributed by atoms with Gasteiger partial charge in [0.15, 0.2) is 5.82 Å². The molecule has 0 radical (unpaired) electrons. The smallest absolute Gasteiger partial charge is 0.251 e. The molecular formula is C10H6Cl3N3O. The molecule has 0 aliphatic heterocycles. The Kier molecular flexibility index (Phi) is 3.66. The third-order valence-corrected chi connectivity index (χ3v) is 2.73. The molecule has 0 aliphatic rings. The Labute approximate surface area is 112 Å². The SMILES string of the molecule is O=c1cc(CCl)nc(-c2ncc(Cl)cc2Cl)[nH]1. The van der Waals surface area contributed by atoms with Crippen LogP contribution in [0.4, 0.5) is 0 Å². The zero-order valence-corrected chi connectivity index (χ0v) is 10.6. The van der Waals surface area contributed by atoms with Gasteiger partial charge in [-0.2, -0.15) is 0 Å². The molecule has 0 aliphatic carbocycles. The van der Waals surface area contributed by atoms with Gasteiger partial charge in [-0.15, -0.1) is 11.6 Å². The van der Waals surface area contributed by atoms with Gasteiger partial charge < -0.3 is 4.98 Å². The monoisotopic (exact) mass is 289 g/mol. The van der Waals surface area contributed by atoms with E-state index in [0.717, 1.165) is 0 Å². The molecule has 0 atom stereocenters. The van der Waals surface area contributed by atoms with Crippen molar-refractivity contribution in [3.63, 3.8) is 0 Å². The second kappa shape index (κ2) is 5.04. The molecule has 17 heavy (non-hydrogen) atoms. The highest BCUT2D eigenvalue weighted by atomic mass is 35.5. The van der Waals surface area contributed by atoms with Crippen molar-refractivity contribution in [1.82, 2.24) is 15.0 Å². The van der Waals surface area contributed by atoms with Crippen molar-refractivity contribution in [2.75, 3.05) is 0 Å². The van der Waals surface area contributed by atoms with E-state index in [1.807, 2.05) is 0 Å². The fourth-order valence-corrected chi connectivity index (χ4v) is 1.88. The molecule has 0 saturated carbocycles. The van der Waals surface area contributed by atoms with E-state index in [-0.39, 0.29) is 17.3 Å². The molecular weight excluding hydrogens is 284 g/mol. The van der Waals surface area contributed by atoms with E-state index in [4.69, 9.17) is 34.8 Å². The van der Waals surface area contributed by atoms with Crippen molar-refractivity contribution in [2.24, 2.45) is 0 Å². The summed E-state index contributed by atoms with van der Waals surface area (Å²) < 4.78 is 0. The van der Waals surface area contributed by atoms with Crippen LogP contribution in [0.15, 0.2) is 23.1 Å². The van der Waals surface area contributed by atoms with E-state index in [9.17, 15) is 4.79 Å². The van der Waals surface area contributed by atoms with Gasteiger partial charge in [0, 0.05) is 12.3 Å². The third-order valence-electron chi connectivity index (χ3n) is 1.96. The molecule has 0 aromatic carbocycles. The number of rotatable bonds is 2. The number of hydrogen-bond acceptors (Lipinski definition) is 3. The summed E-state index contributed by atoms with van der Waals surface area (Å²) in [5.41, 5.74) is 0.511. The lowest BCUT2D eigenvalue weighted by atomic mass is 10.3. The van der Waals surface area contributed by atoms with Gasteiger partial charge in [-0.1, -0.05) is 23.2 Å². The lowest BCUT2D eigenvalue weighted by Crippen LogP contribution is -2.10. The van der Waals surface area contributed by atoms with Crippen LogP contribution in [-0.4, -0.2) is 15.0 Å². The Hall–Kier alpha value is -1.10. The number of nitrogens with one attached hydrogen (secondary N) is 1. The highest BCUT2D eigenvalue weighted by molar-refractivity contribution is 6.35. The van der Waals surface area contributed by atoms with Gasteiger partial charge in [0.25, 0.3) is 5.56 Å². The molecule has 1 N–H and O–H groups in total. The lowest BCUT2D eigenvalue weighted by molar-refractivity contribution is 1.04. The van der Waals surface area contributed by atoms with Crippen LogP contribution in [0.1, 0.15) is 5.69 Å². The van der Waals surface area contributed by atoms with Crippen LogP contribution in [0.2, 0.25) is 10.0 Å². The van der Waals surface area contributed by atoms with Crippen molar-refractivity contribution >= 4 is 34.8 Å². The minimum Gasteiger partial charge on any atom is -0.305 e. The molecule has 0 saturated heterocycles. The van der Waals surface area contributed by atoms with Crippen LogP contribution >= 0.6 is 34.8 Å². The van der Waals surface area contributed by atoms with Gasteiger partial charge in [-0.25, -0.2) is 9.97 Å². The Bertz CT molecular complexity index is 612. The number of nitrogens with zero attached hydrogens (tertiary/aromatic N) is 2. The quantitative estimate of drug-likeness (QED) is 0.865. The van der Waals surface area contributed by atoms with E-state index in [2.05, 4.69) is 15.0 Å². The zero-order chi connectivity index (χ0) is 12.4. The van der Waals surface area contributed by atoms with Gasteiger partial charge in [0.05, 0.1) is 21.6 Å². The van der Waals surface area contributed by atoms with E-state index in [1.54, 1.807) is 0 Å². The van der Waals surface area contributed by atoms with Gasteiger partial charge in [0.1, 0.15) is 5.69 Å². The maximum absolute atomic E-state index is 11.4. The fraction of sp³-hybridized carbons (Fsp3) is 0.100. The molecule has 0 bridgehead atoms. The summed E-state index contributed by atoms with van der Waals surface area (Å²) in [4.78, 5) is 22.1. The van der Waals surface area contributed by atoms with Crippen LogP contribution in [0.5, 0.6) is 0 Å². The first-order valence-electron chi connectivity index (χ1n) is 4.58. The second-order valence-electron chi connectivity index (χ2n) is 3.20. The number of halogens is 3. The average Bonchev–Trinajstić information content (AvgIpc) is 2.28. The van der Waals surface area contributed by atoms with Crippen molar-refractivity contribution in [3.05, 3.63) is 44.4 Å². The topological polar surface area (TPSA) is 58.6 Å². The predicted octanol–water partition coefficient (Wildman–Crippen LogP) is 2.88. The molecule has 88 valence electrons. The van der Waals surface area contributed by atoms with Crippen molar-refractivity contribution in [2.45, 2.75) is 5.88 Å². The predicted molar refractivity (Wildman–Crippen MR) is 67.7 cm³/mol. The van der Waals surface area contributed by atoms with Crippen molar-refractivity contribution < 1.29 is 0 Å². The number of H-pyrrole nitrogens is 1. The van der Waals surface area contributed by atoms with Gasteiger partial charge in [-0.3, -0.25) is 4.79 Å². The van der Waals surface area contributed by atoms with E-state index < -0.39 is 0 Å². The molecule has 4 nitrogen and oxygen atoms in total. The molecule has 2 aromatic heterocycles. The lowest BCUT2D eigenvalue weighted by Gasteiger charge is -2.04. The number of hydrogen-bond donors (Lipinski definition) is 1. The van der Waals surface area contributed by atoms with Crippen LogP contribution in [0.25, 0.3) is 11.5 Å². The number of alkyl halides is 1. The van der Waals surface area contributed by atoms with E-state index in [1.165, 1.54) is 18.3 Å². The number of aromatic nitrogens is 3. The van der Waals surface area contributed by atoms with Crippen molar-refractivity contribution in [1.29, 1.82) is 0 Å². The fourth-order valence-electron chi connectivity index (χ4n) is 1.28. The Morgan fingerprint density at radius 3 is 2.71 bits per heavy atom. The largest absolute Gasteiger partial charge is 0.305 e. The molecule has 0 amide bonds. The summed E-state index contributed by atoms with van der Waals surface area (Å²) in [5.74, 6) is 0.414. The van der Waals surface area contributed by atoms with E-state index >= 15 is 0 Å². The summed E-state index contributed by atoms with van der Waals surface area (Å²) in [6.45, 7) is 0. The molecule has 0 fully saturated rings. The summed E-state index contributed by atoms with van der Waals surface area (Å²) >= 11 is 17.3. The molecule has 2 heterocycles. The third kappa shape index (κ3) is 2.77. The summed E-state index contributed by atoms with van der Waals surface area (Å²) in [6.07, 6.45) is 1.43. The van der Waals surface area contributed by atoms with Crippen LogP contribution in [0, 0.1) is 0 Å². The average molecular weight is 291 g/mol. The van der Waals surface area contributed by atoms with Crippen LogP contribution < -0.4 is 5.56 Å². The Morgan fingerprint density at radius 1 is 1.29 bits per heavy atom. The number of pyridine rings is 1. The van der Waals surface area contributed by atoms with Crippen LogP contribution in [-0.2, 0) is 5.88 Å². The normalized spacial score (nSPS) is 10.5. The molecule has 0 unspecified atom stereocenters. The summed E-state index contributed by atoms with van der Waals surface area (Å²) in [5, 5.41) is 0.724. The Balaban J connectivity index is 2.60. The highest BCUT2D eigenvalue weighted by Crippen LogP contribution is 2.24. The zero-order valence-electron chi connectivity index (χ0n) is 8.38. The van der Waals surface area contributed by atoms with Crippen LogP contribution in [0.3, 0.4) is 0 Å². The maximum atomic E-state index is 11.4. The van der Waals surface area contributed by atoms with E-state index in [0.29, 0.717) is 21.4 Å². The second-order valence-corrected chi connectivity index (χ2v) is 4.31.